The van der Waals surface area contributed by atoms with Gasteiger partial charge in [0.05, 0.1) is 19.9 Å². The van der Waals surface area contributed by atoms with E-state index in [1.54, 1.807) is 25.3 Å². The van der Waals surface area contributed by atoms with Gasteiger partial charge in [-0.05, 0) is 42.5 Å². The van der Waals surface area contributed by atoms with Gasteiger partial charge in [-0.15, -0.1) is 10.2 Å². The molecule has 0 spiro atoms. The van der Waals surface area contributed by atoms with Crippen molar-refractivity contribution in [2.75, 3.05) is 45.3 Å². The van der Waals surface area contributed by atoms with E-state index in [0.717, 1.165) is 11.3 Å². The molecule has 10 heteroatoms. The molecule has 1 fully saturated rings. The lowest BCUT2D eigenvalue weighted by molar-refractivity contribution is 0.373. The molecule has 0 unspecified atom stereocenters. The first-order chi connectivity index (χ1) is 15.4. The topological polar surface area (TPSA) is 84.9 Å². The van der Waals surface area contributed by atoms with Gasteiger partial charge in [0.2, 0.25) is 10.0 Å². The fourth-order valence-electron chi connectivity index (χ4n) is 3.64. The zero-order valence-corrected chi connectivity index (χ0v) is 20.1. The minimum atomic E-state index is -3.68. The van der Waals surface area contributed by atoms with Gasteiger partial charge in [0.1, 0.15) is 16.4 Å². The van der Waals surface area contributed by atoms with Crippen molar-refractivity contribution in [3.8, 4) is 22.8 Å². The molecule has 0 aliphatic carbocycles. The maximum absolute atomic E-state index is 13.2. The van der Waals surface area contributed by atoms with Crippen LogP contribution in [0.1, 0.15) is 0 Å². The summed E-state index contributed by atoms with van der Waals surface area (Å²) in [5, 5.41) is 8.72. The van der Waals surface area contributed by atoms with E-state index in [0.29, 0.717) is 47.9 Å². The van der Waals surface area contributed by atoms with Crippen LogP contribution >= 0.6 is 15.9 Å². The molecule has 0 saturated carbocycles. The van der Waals surface area contributed by atoms with E-state index in [4.69, 9.17) is 9.47 Å². The number of methoxy groups -OCH3 is 2. The Kier molecular flexibility index (Phi) is 6.63. The summed E-state index contributed by atoms with van der Waals surface area (Å²) in [5.74, 6) is 1.77. The SMILES string of the molecule is COc1ccccc1-c1ccc(N2CCN(S(=O)(=O)c3cc(Br)ccc3OC)CC2)nn1. The lowest BCUT2D eigenvalue weighted by Crippen LogP contribution is -2.49. The predicted octanol–water partition coefficient (Wildman–Crippen LogP) is 3.43. The molecule has 1 aliphatic heterocycles. The number of piperazine rings is 1. The first-order valence-electron chi connectivity index (χ1n) is 10.00. The Bertz CT molecular complexity index is 1200. The minimum absolute atomic E-state index is 0.156. The number of nitrogens with zero attached hydrogens (tertiary/aromatic N) is 4. The number of hydrogen-bond donors (Lipinski definition) is 0. The number of benzene rings is 2. The van der Waals surface area contributed by atoms with E-state index >= 15 is 0 Å². The smallest absolute Gasteiger partial charge is 0.246 e. The van der Waals surface area contributed by atoms with E-state index in [-0.39, 0.29) is 4.90 Å². The van der Waals surface area contributed by atoms with Gasteiger partial charge in [-0.25, -0.2) is 8.42 Å². The summed E-state index contributed by atoms with van der Waals surface area (Å²) in [6.45, 7) is 1.71. The Balaban J connectivity index is 1.48. The monoisotopic (exact) mass is 518 g/mol. The van der Waals surface area contributed by atoms with Crippen molar-refractivity contribution in [2.24, 2.45) is 0 Å². The molecule has 1 aromatic heterocycles. The van der Waals surface area contributed by atoms with E-state index in [1.165, 1.54) is 11.4 Å². The molecule has 0 bridgehead atoms. The van der Waals surface area contributed by atoms with Gasteiger partial charge in [0, 0.05) is 36.2 Å². The molecule has 1 aliphatic rings. The third-order valence-corrected chi connectivity index (χ3v) is 7.75. The normalized spacial score (nSPS) is 14.9. The van der Waals surface area contributed by atoms with Crippen LogP contribution < -0.4 is 14.4 Å². The fourth-order valence-corrected chi connectivity index (χ4v) is 5.76. The van der Waals surface area contributed by atoms with Crippen molar-refractivity contribution in [1.29, 1.82) is 0 Å². The third-order valence-electron chi connectivity index (χ3n) is 5.34. The molecular weight excluding hydrogens is 496 g/mol. The van der Waals surface area contributed by atoms with Gasteiger partial charge in [0.25, 0.3) is 0 Å². The number of sulfonamides is 1. The van der Waals surface area contributed by atoms with E-state index in [9.17, 15) is 8.42 Å². The number of hydrogen-bond acceptors (Lipinski definition) is 7. The van der Waals surface area contributed by atoms with Crippen molar-refractivity contribution < 1.29 is 17.9 Å². The Morgan fingerprint density at radius 1 is 0.875 bits per heavy atom. The molecule has 8 nitrogen and oxygen atoms in total. The summed E-state index contributed by atoms with van der Waals surface area (Å²) in [6.07, 6.45) is 0. The van der Waals surface area contributed by atoms with Crippen molar-refractivity contribution in [3.63, 3.8) is 0 Å². The molecular formula is C22H23BrN4O4S. The Morgan fingerprint density at radius 3 is 2.25 bits per heavy atom. The molecule has 0 atom stereocenters. The van der Waals surface area contributed by atoms with Crippen LogP contribution in [0.5, 0.6) is 11.5 Å². The van der Waals surface area contributed by atoms with Crippen molar-refractivity contribution in [2.45, 2.75) is 4.90 Å². The van der Waals surface area contributed by atoms with E-state index < -0.39 is 10.0 Å². The Morgan fingerprint density at radius 2 is 1.59 bits per heavy atom. The molecule has 0 amide bonds. The molecule has 3 aromatic rings. The van der Waals surface area contributed by atoms with Crippen LogP contribution in [0.3, 0.4) is 0 Å². The minimum Gasteiger partial charge on any atom is -0.496 e. The number of ether oxygens (including phenoxy) is 2. The van der Waals surface area contributed by atoms with Crippen LogP contribution in [0.15, 0.2) is 64.0 Å². The van der Waals surface area contributed by atoms with Gasteiger partial charge in [-0.1, -0.05) is 28.1 Å². The highest BCUT2D eigenvalue weighted by molar-refractivity contribution is 9.10. The van der Waals surface area contributed by atoms with Crippen LogP contribution in [-0.4, -0.2) is 63.3 Å². The summed E-state index contributed by atoms with van der Waals surface area (Å²) in [5.41, 5.74) is 1.59. The zero-order chi connectivity index (χ0) is 22.7. The number of rotatable bonds is 6. The van der Waals surface area contributed by atoms with Crippen LogP contribution in [0, 0.1) is 0 Å². The highest BCUT2D eigenvalue weighted by atomic mass is 79.9. The third kappa shape index (κ3) is 4.43. The highest BCUT2D eigenvalue weighted by Gasteiger charge is 2.31. The van der Waals surface area contributed by atoms with E-state index in [2.05, 4.69) is 26.1 Å². The summed E-state index contributed by atoms with van der Waals surface area (Å²) < 4.78 is 39.2. The molecule has 0 radical (unpaired) electrons. The molecule has 32 heavy (non-hydrogen) atoms. The average molecular weight is 519 g/mol. The molecule has 0 N–H and O–H groups in total. The maximum atomic E-state index is 13.2. The largest absolute Gasteiger partial charge is 0.496 e. The predicted molar refractivity (Wildman–Crippen MR) is 126 cm³/mol. The van der Waals surface area contributed by atoms with Gasteiger partial charge in [0.15, 0.2) is 5.82 Å². The van der Waals surface area contributed by atoms with Gasteiger partial charge in [-0.2, -0.15) is 4.31 Å². The fraction of sp³-hybridized carbons (Fsp3) is 0.273. The van der Waals surface area contributed by atoms with Crippen molar-refractivity contribution in [1.82, 2.24) is 14.5 Å². The lowest BCUT2D eigenvalue weighted by Gasteiger charge is -2.34. The summed E-state index contributed by atoms with van der Waals surface area (Å²) >= 11 is 3.34. The van der Waals surface area contributed by atoms with Crippen molar-refractivity contribution in [3.05, 3.63) is 59.1 Å². The standard InChI is InChI=1S/C22H23BrN4O4S/c1-30-19-6-4-3-5-17(19)18-8-10-22(25-24-18)26-11-13-27(14-12-26)32(28,29)21-15-16(23)7-9-20(21)31-2/h3-10,15H,11-14H2,1-2H3. The van der Waals surface area contributed by atoms with Crippen LogP contribution in [0.4, 0.5) is 5.82 Å². The van der Waals surface area contributed by atoms with Gasteiger partial charge < -0.3 is 14.4 Å². The summed E-state index contributed by atoms with van der Waals surface area (Å²) in [7, 11) is -0.593. The highest BCUT2D eigenvalue weighted by Crippen LogP contribution is 2.31. The van der Waals surface area contributed by atoms with E-state index in [1.807, 2.05) is 41.3 Å². The number of anilines is 1. The second-order valence-corrected chi connectivity index (χ2v) is 9.99. The average Bonchev–Trinajstić information content (AvgIpc) is 2.84. The second-order valence-electron chi connectivity index (χ2n) is 7.16. The molecule has 2 heterocycles. The second kappa shape index (κ2) is 9.43. The molecule has 1 saturated heterocycles. The number of para-hydroxylation sites is 1. The summed E-state index contributed by atoms with van der Waals surface area (Å²) in [6, 6.07) is 16.4. The van der Waals surface area contributed by atoms with Crippen molar-refractivity contribution >= 4 is 31.8 Å². The quantitative estimate of drug-likeness (QED) is 0.494. The first kappa shape index (κ1) is 22.5. The van der Waals surface area contributed by atoms with Gasteiger partial charge in [-0.3, -0.25) is 0 Å². The van der Waals surface area contributed by atoms with Crippen LogP contribution in [-0.2, 0) is 10.0 Å². The number of halogens is 1. The lowest BCUT2D eigenvalue weighted by atomic mass is 10.1. The molecule has 168 valence electrons. The molecule has 2 aromatic carbocycles. The Hall–Kier alpha value is -2.69. The van der Waals surface area contributed by atoms with Gasteiger partial charge >= 0.3 is 0 Å². The molecule has 4 rings (SSSR count). The Labute approximate surface area is 196 Å². The maximum Gasteiger partial charge on any atom is 0.246 e. The number of aromatic nitrogens is 2. The van der Waals surface area contributed by atoms with Crippen LogP contribution in [0.2, 0.25) is 0 Å². The first-order valence-corrected chi connectivity index (χ1v) is 12.2. The summed E-state index contributed by atoms with van der Waals surface area (Å²) in [4.78, 5) is 2.19. The zero-order valence-electron chi connectivity index (χ0n) is 17.7. The van der Waals surface area contributed by atoms with Crippen LogP contribution in [0.25, 0.3) is 11.3 Å².